The Labute approximate surface area is 256 Å². The van der Waals surface area contributed by atoms with E-state index in [4.69, 9.17) is 40.4 Å². The standard InChI is InChI=1S/C19H27N3O4.2CHF3O3S.Zn/c1-25-18(23)16-8-4-10-21(16)12-14-6-3-7-15(20-14)13-22-11-5-9-17(22)19(24)26-2;2*2-1(3,4)8(5,6)7;/h3,6-7,16-17H,4-5,8-13H2,1-2H3;2*(H,5,6,7);/q;;;+2/p-2/t16-,17-;;;/m0.../s1. The molecule has 0 aliphatic carbocycles. The Kier molecular flexibility index (Phi) is 16.2. The minimum absolute atomic E-state index is 0. The fourth-order valence-electron chi connectivity index (χ4n) is 3.96. The number of aromatic nitrogens is 1. The fraction of sp³-hybridized carbons (Fsp3) is 0.667. The summed E-state index contributed by atoms with van der Waals surface area (Å²) in [6.07, 6.45) is 3.66. The summed E-state index contributed by atoms with van der Waals surface area (Å²) in [5, 5.41) is 0. The van der Waals surface area contributed by atoms with Crippen molar-refractivity contribution in [3.8, 4) is 0 Å². The van der Waals surface area contributed by atoms with Crippen molar-refractivity contribution in [1.82, 2.24) is 14.8 Å². The van der Waals surface area contributed by atoms with Crippen LogP contribution in [0.15, 0.2) is 18.2 Å². The van der Waals surface area contributed by atoms with E-state index in [2.05, 4.69) is 9.80 Å². The van der Waals surface area contributed by atoms with Crippen LogP contribution in [-0.4, -0.2) is 103 Å². The van der Waals surface area contributed by atoms with Gasteiger partial charge in [-0.2, -0.15) is 26.3 Å². The van der Waals surface area contributed by atoms with Gasteiger partial charge in [0.2, 0.25) is 0 Å². The molecule has 0 bridgehead atoms. The normalized spacial score (nSPS) is 19.7. The van der Waals surface area contributed by atoms with Crippen molar-refractivity contribution in [1.29, 1.82) is 0 Å². The smallest absolute Gasteiger partial charge is 0.741 e. The molecular weight excluding hydrogens is 698 g/mol. The molecule has 3 rings (SSSR count). The van der Waals surface area contributed by atoms with Crippen LogP contribution in [0.5, 0.6) is 0 Å². The predicted octanol–water partition coefficient (Wildman–Crippen LogP) is 1.46. The van der Waals surface area contributed by atoms with Crippen LogP contribution in [0.3, 0.4) is 0 Å². The van der Waals surface area contributed by atoms with E-state index in [9.17, 15) is 35.9 Å². The van der Waals surface area contributed by atoms with Gasteiger partial charge in [-0.05, 0) is 50.9 Å². The summed E-state index contributed by atoms with van der Waals surface area (Å²) in [5.41, 5.74) is -9.42. The van der Waals surface area contributed by atoms with Gasteiger partial charge in [0.15, 0.2) is 20.2 Å². The van der Waals surface area contributed by atoms with Gasteiger partial charge in [0.25, 0.3) is 0 Å². The molecule has 2 aliphatic rings. The third-order valence-electron chi connectivity index (χ3n) is 5.84. The van der Waals surface area contributed by atoms with Gasteiger partial charge in [-0.25, -0.2) is 16.8 Å². The van der Waals surface area contributed by atoms with Crippen molar-refractivity contribution in [2.45, 2.75) is 61.9 Å². The van der Waals surface area contributed by atoms with Crippen molar-refractivity contribution < 1.29 is 90.8 Å². The van der Waals surface area contributed by atoms with Crippen molar-refractivity contribution in [3.05, 3.63) is 29.6 Å². The van der Waals surface area contributed by atoms with Gasteiger partial charge in [-0.1, -0.05) is 6.07 Å². The van der Waals surface area contributed by atoms with E-state index >= 15 is 0 Å². The van der Waals surface area contributed by atoms with Crippen molar-refractivity contribution in [2.24, 2.45) is 0 Å². The van der Waals surface area contributed by atoms with Crippen molar-refractivity contribution in [2.75, 3.05) is 27.3 Å². The summed E-state index contributed by atoms with van der Waals surface area (Å²) in [5.74, 6) is -0.340. The zero-order valence-electron chi connectivity index (χ0n) is 22.8. The number of likely N-dealkylation sites (tertiary alicyclic amines) is 2. The summed E-state index contributed by atoms with van der Waals surface area (Å²) in [7, 11) is -9.31. The molecule has 0 aromatic carbocycles. The topological polar surface area (TPSA) is 186 Å². The fourth-order valence-corrected chi connectivity index (χ4v) is 3.96. The molecule has 13 nitrogen and oxygen atoms in total. The maximum absolute atomic E-state index is 11.9. The second kappa shape index (κ2) is 16.9. The monoisotopic (exact) mass is 723 g/mol. The number of methoxy groups -OCH3 is 2. The van der Waals surface area contributed by atoms with Gasteiger partial charge in [0.1, 0.15) is 12.1 Å². The minimum Gasteiger partial charge on any atom is -0.741 e. The molecule has 0 amide bonds. The summed E-state index contributed by atoms with van der Waals surface area (Å²) in [6, 6.07) is 5.61. The molecule has 22 heteroatoms. The zero-order chi connectivity index (χ0) is 32.5. The molecule has 0 radical (unpaired) electrons. The Balaban J connectivity index is 0.000000860. The van der Waals surface area contributed by atoms with Crippen LogP contribution in [0.25, 0.3) is 0 Å². The molecule has 0 N–H and O–H groups in total. The molecule has 242 valence electrons. The number of pyridine rings is 1. The van der Waals surface area contributed by atoms with Gasteiger partial charge in [0.05, 0.1) is 25.6 Å². The van der Waals surface area contributed by atoms with Crippen LogP contribution in [0.4, 0.5) is 26.3 Å². The van der Waals surface area contributed by atoms with Gasteiger partial charge in [0, 0.05) is 13.1 Å². The van der Waals surface area contributed by atoms with Crippen LogP contribution < -0.4 is 0 Å². The van der Waals surface area contributed by atoms with Crippen LogP contribution in [0.1, 0.15) is 37.1 Å². The molecule has 3 heterocycles. The van der Waals surface area contributed by atoms with E-state index in [1.54, 1.807) is 0 Å². The summed E-state index contributed by atoms with van der Waals surface area (Å²) >= 11 is 0. The molecule has 2 fully saturated rings. The summed E-state index contributed by atoms with van der Waals surface area (Å²) in [6.45, 7) is 3.02. The Morgan fingerprint density at radius 3 is 1.37 bits per heavy atom. The Hall–Kier alpha value is -1.97. The number of carbonyl (C=O) groups is 2. The van der Waals surface area contributed by atoms with Gasteiger partial charge in [-0.3, -0.25) is 24.4 Å². The number of carbonyl (C=O) groups excluding carboxylic acids is 2. The Morgan fingerprint density at radius 2 is 1.12 bits per heavy atom. The van der Waals surface area contributed by atoms with Crippen molar-refractivity contribution >= 4 is 32.2 Å². The van der Waals surface area contributed by atoms with Gasteiger partial charge in [-0.15, -0.1) is 0 Å². The molecule has 43 heavy (non-hydrogen) atoms. The van der Waals surface area contributed by atoms with Crippen LogP contribution >= 0.6 is 0 Å². The third kappa shape index (κ3) is 13.3. The van der Waals surface area contributed by atoms with E-state index in [0.717, 1.165) is 50.2 Å². The molecule has 2 saturated heterocycles. The quantitative estimate of drug-likeness (QED) is 0.135. The second-order valence-electron chi connectivity index (χ2n) is 8.72. The maximum atomic E-state index is 11.9. The Morgan fingerprint density at radius 1 is 0.814 bits per heavy atom. The number of hydrogen-bond acceptors (Lipinski definition) is 13. The van der Waals surface area contributed by atoms with E-state index in [-0.39, 0.29) is 43.5 Å². The van der Waals surface area contributed by atoms with Gasteiger partial charge >= 0.3 is 42.4 Å². The largest absolute Gasteiger partial charge is 2.00 e. The van der Waals surface area contributed by atoms with E-state index in [0.29, 0.717) is 13.1 Å². The van der Waals surface area contributed by atoms with Crippen molar-refractivity contribution in [3.63, 3.8) is 0 Å². The number of rotatable bonds is 6. The SMILES string of the molecule is COC(=O)[C@@H]1CCCN1Cc1cccc(CN2CCC[C@H]2C(=O)OC)n1.O=S(=O)([O-])C(F)(F)F.O=S(=O)([O-])C(F)(F)F.[Zn+2]. The number of hydrogen-bond donors (Lipinski definition) is 0. The first-order chi connectivity index (χ1) is 19.1. The summed E-state index contributed by atoms with van der Waals surface area (Å²) in [4.78, 5) is 32.8. The van der Waals surface area contributed by atoms with E-state index in [1.807, 2.05) is 18.2 Å². The second-order valence-corrected chi connectivity index (χ2v) is 11.5. The van der Waals surface area contributed by atoms with E-state index in [1.165, 1.54) is 14.2 Å². The average molecular weight is 725 g/mol. The predicted molar refractivity (Wildman–Crippen MR) is 127 cm³/mol. The molecule has 0 unspecified atom stereocenters. The Bertz CT molecular complexity index is 1190. The molecule has 2 atom stereocenters. The molecule has 2 aliphatic heterocycles. The first kappa shape index (κ1) is 41.0. The number of esters is 2. The average Bonchev–Trinajstić information content (AvgIpc) is 3.51. The molecule has 1 aromatic heterocycles. The number of alkyl halides is 6. The zero-order valence-corrected chi connectivity index (χ0v) is 27.4. The first-order valence-electron chi connectivity index (χ1n) is 11.7. The summed E-state index contributed by atoms with van der Waals surface area (Å²) < 4.78 is 128. The molecule has 1 aromatic rings. The number of ether oxygens (including phenoxy) is 2. The molecular formula is C21H27F6N3O10S2Zn. The third-order valence-corrected chi connectivity index (χ3v) is 6.97. The van der Waals surface area contributed by atoms with E-state index < -0.39 is 31.3 Å². The van der Waals surface area contributed by atoms with Gasteiger partial charge < -0.3 is 18.6 Å². The van der Waals surface area contributed by atoms with Crippen LogP contribution in [0.2, 0.25) is 0 Å². The maximum Gasteiger partial charge on any atom is 2.00 e. The minimum atomic E-state index is -6.09. The first-order valence-corrected chi connectivity index (χ1v) is 14.6. The number of halogens is 6. The molecule has 0 spiro atoms. The van der Waals surface area contributed by atoms with Crippen LogP contribution in [-0.2, 0) is 71.9 Å². The van der Waals surface area contributed by atoms with Crippen LogP contribution in [0, 0.1) is 0 Å². The number of nitrogens with zero attached hydrogens (tertiary/aromatic N) is 3. The molecule has 0 saturated carbocycles.